The molecule has 0 radical (unpaired) electrons. The summed E-state index contributed by atoms with van der Waals surface area (Å²) < 4.78 is 0. The summed E-state index contributed by atoms with van der Waals surface area (Å²) in [5, 5.41) is 16.6. The fraction of sp³-hybridized carbons (Fsp3) is 0. The van der Waals surface area contributed by atoms with Gasteiger partial charge in [-0.1, -0.05) is 0 Å². The summed E-state index contributed by atoms with van der Waals surface area (Å²) in [5.74, 6) is 0. The number of nitriles is 2. The number of nitrogens with one attached hydrogen (secondary N) is 2. The molecule has 0 unspecified atom stereocenters. The van der Waals surface area contributed by atoms with Gasteiger partial charge in [-0.15, -0.1) is 0 Å². The van der Waals surface area contributed by atoms with Crippen molar-refractivity contribution in [1.82, 2.24) is 5.43 Å². The van der Waals surface area contributed by atoms with E-state index in [1.807, 2.05) is 6.07 Å². The summed E-state index contributed by atoms with van der Waals surface area (Å²) >= 11 is 0. The van der Waals surface area contributed by atoms with E-state index >= 15 is 0 Å². The smallest absolute Gasteiger partial charge is 0.197 e. The molecular weight excluding hydrogens is 152 g/mol. The lowest BCUT2D eigenvalue weighted by molar-refractivity contribution is 1.07. The third-order valence-electron chi connectivity index (χ3n) is 1.28. The maximum atomic E-state index is 8.47. The van der Waals surface area contributed by atoms with Crippen molar-refractivity contribution < 1.29 is 0 Å². The Morgan fingerprint density at radius 2 is 1.75 bits per heavy atom. The van der Waals surface area contributed by atoms with Crippen LogP contribution in [0.1, 0.15) is 5.56 Å². The van der Waals surface area contributed by atoms with E-state index in [2.05, 4.69) is 10.9 Å². The first-order valence-corrected chi connectivity index (χ1v) is 3.27. The predicted octanol–water partition coefficient (Wildman–Crippen LogP) is 0.956. The van der Waals surface area contributed by atoms with Crippen molar-refractivity contribution in [3.05, 3.63) is 29.8 Å². The molecule has 0 bridgehead atoms. The molecule has 1 rings (SSSR count). The van der Waals surface area contributed by atoms with Gasteiger partial charge in [0.25, 0.3) is 0 Å². The summed E-state index contributed by atoms with van der Waals surface area (Å²) in [5.41, 5.74) is 6.24. The molecule has 4 heteroatoms. The minimum Gasteiger partial charge on any atom is -0.292 e. The molecule has 0 amide bonds. The van der Waals surface area contributed by atoms with Gasteiger partial charge in [0.15, 0.2) is 6.19 Å². The minimum atomic E-state index is 0.595. The van der Waals surface area contributed by atoms with E-state index in [0.29, 0.717) is 5.56 Å². The number of hydrazine groups is 1. The van der Waals surface area contributed by atoms with Gasteiger partial charge in [0.05, 0.1) is 17.3 Å². The summed E-state index contributed by atoms with van der Waals surface area (Å²) in [4.78, 5) is 0. The van der Waals surface area contributed by atoms with Crippen LogP contribution in [-0.4, -0.2) is 0 Å². The summed E-state index contributed by atoms with van der Waals surface area (Å²) in [7, 11) is 0. The normalized spacial score (nSPS) is 7.83. The van der Waals surface area contributed by atoms with Crippen LogP contribution in [0.15, 0.2) is 24.3 Å². The molecule has 0 atom stereocenters. The topological polar surface area (TPSA) is 71.6 Å². The van der Waals surface area contributed by atoms with Crippen molar-refractivity contribution in [2.75, 3.05) is 5.43 Å². The molecule has 0 aliphatic rings. The molecule has 0 aliphatic carbocycles. The fourth-order valence-electron chi connectivity index (χ4n) is 0.728. The highest BCUT2D eigenvalue weighted by Gasteiger charge is 1.90. The largest absolute Gasteiger partial charge is 0.292 e. The van der Waals surface area contributed by atoms with E-state index in [-0.39, 0.29) is 0 Å². The third kappa shape index (κ3) is 1.89. The number of hydrogen-bond donors (Lipinski definition) is 2. The number of hydrogen-bond acceptors (Lipinski definition) is 4. The van der Waals surface area contributed by atoms with Crippen LogP contribution < -0.4 is 10.9 Å². The van der Waals surface area contributed by atoms with Crippen molar-refractivity contribution in [1.29, 1.82) is 10.5 Å². The highest BCUT2D eigenvalue weighted by Crippen LogP contribution is 2.06. The summed E-state index contributed by atoms with van der Waals surface area (Å²) in [6.45, 7) is 0. The Hall–Kier alpha value is -2.20. The number of rotatable bonds is 2. The second-order valence-electron chi connectivity index (χ2n) is 2.05. The number of nitrogens with zero attached hydrogens (tertiary/aromatic N) is 2. The molecule has 0 saturated heterocycles. The zero-order valence-electron chi connectivity index (χ0n) is 6.20. The van der Waals surface area contributed by atoms with Gasteiger partial charge in [0.2, 0.25) is 0 Å². The molecule has 0 aliphatic heterocycles. The van der Waals surface area contributed by atoms with E-state index in [9.17, 15) is 0 Å². The van der Waals surface area contributed by atoms with Gasteiger partial charge in [-0.05, 0) is 24.3 Å². The maximum Gasteiger partial charge on any atom is 0.197 e. The highest BCUT2D eigenvalue weighted by molar-refractivity contribution is 5.46. The van der Waals surface area contributed by atoms with E-state index in [0.717, 1.165) is 5.69 Å². The Balaban J connectivity index is 2.68. The molecule has 0 fully saturated rings. The van der Waals surface area contributed by atoms with Crippen molar-refractivity contribution >= 4 is 5.69 Å². The Labute approximate surface area is 70.0 Å². The first-order chi connectivity index (χ1) is 5.86. The predicted molar refractivity (Wildman–Crippen MR) is 43.5 cm³/mol. The summed E-state index contributed by atoms with van der Waals surface area (Å²) in [6.07, 6.45) is 1.72. The molecule has 1 aromatic carbocycles. The van der Waals surface area contributed by atoms with Gasteiger partial charge in [-0.25, -0.2) is 5.43 Å². The highest BCUT2D eigenvalue weighted by atomic mass is 15.3. The van der Waals surface area contributed by atoms with Crippen molar-refractivity contribution in [2.24, 2.45) is 0 Å². The van der Waals surface area contributed by atoms with Crippen molar-refractivity contribution in [3.63, 3.8) is 0 Å². The van der Waals surface area contributed by atoms with Gasteiger partial charge >= 0.3 is 0 Å². The Morgan fingerprint density at radius 3 is 2.25 bits per heavy atom. The lowest BCUT2D eigenvalue weighted by Crippen LogP contribution is -2.13. The van der Waals surface area contributed by atoms with Gasteiger partial charge in [-0.3, -0.25) is 5.43 Å². The maximum absolute atomic E-state index is 8.47. The molecule has 4 nitrogen and oxygen atoms in total. The lowest BCUT2D eigenvalue weighted by Gasteiger charge is -2.00. The standard InChI is InChI=1S/C8H6N4/c9-5-7-1-3-8(4-2-7)12-11-6-10/h1-4,11-12H. The van der Waals surface area contributed by atoms with Gasteiger partial charge < -0.3 is 0 Å². The second kappa shape index (κ2) is 3.85. The Bertz CT molecular complexity index is 328. The van der Waals surface area contributed by atoms with Crippen LogP contribution >= 0.6 is 0 Å². The van der Waals surface area contributed by atoms with Crippen LogP contribution in [-0.2, 0) is 0 Å². The molecule has 0 spiro atoms. The van der Waals surface area contributed by atoms with Crippen LogP contribution in [0.5, 0.6) is 0 Å². The van der Waals surface area contributed by atoms with Crippen LogP contribution in [0.2, 0.25) is 0 Å². The van der Waals surface area contributed by atoms with Crippen LogP contribution in [0, 0.1) is 22.8 Å². The number of benzene rings is 1. The zero-order valence-corrected chi connectivity index (χ0v) is 6.20. The zero-order chi connectivity index (χ0) is 8.81. The Kier molecular flexibility index (Phi) is 2.53. The molecular formula is C8H6N4. The first kappa shape index (κ1) is 7.90. The average molecular weight is 158 g/mol. The van der Waals surface area contributed by atoms with E-state index in [4.69, 9.17) is 10.5 Å². The second-order valence-corrected chi connectivity index (χ2v) is 2.05. The van der Waals surface area contributed by atoms with Crippen molar-refractivity contribution in [2.45, 2.75) is 0 Å². The number of anilines is 1. The molecule has 2 N–H and O–H groups in total. The van der Waals surface area contributed by atoms with Crippen LogP contribution in [0.25, 0.3) is 0 Å². The molecule has 58 valence electrons. The quantitative estimate of drug-likeness (QED) is 0.382. The molecule has 0 heterocycles. The molecule has 0 aromatic heterocycles. The van der Waals surface area contributed by atoms with Crippen molar-refractivity contribution in [3.8, 4) is 12.3 Å². The van der Waals surface area contributed by atoms with Gasteiger partial charge in [0, 0.05) is 0 Å². The van der Waals surface area contributed by atoms with E-state index < -0.39 is 0 Å². The molecule has 12 heavy (non-hydrogen) atoms. The SMILES string of the molecule is N#CNNc1ccc(C#N)cc1. The Morgan fingerprint density at radius 1 is 1.08 bits per heavy atom. The lowest BCUT2D eigenvalue weighted by atomic mass is 10.2. The van der Waals surface area contributed by atoms with Crippen LogP contribution in [0.4, 0.5) is 5.69 Å². The first-order valence-electron chi connectivity index (χ1n) is 3.27. The summed E-state index contributed by atoms with van der Waals surface area (Å²) in [6, 6.07) is 8.76. The minimum absolute atomic E-state index is 0.595. The average Bonchev–Trinajstić information content (AvgIpc) is 2.15. The van der Waals surface area contributed by atoms with E-state index in [1.165, 1.54) is 0 Å². The molecule has 0 saturated carbocycles. The van der Waals surface area contributed by atoms with Crippen LogP contribution in [0.3, 0.4) is 0 Å². The van der Waals surface area contributed by atoms with E-state index in [1.54, 1.807) is 30.5 Å². The monoisotopic (exact) mass is 158 g/mol. The third-order valence-corrected chi connectivity index (χ3v) is 1.28. The van der Waals surface area contributed by atoms with Gasteiger partial charge in [0.1, 0.15) is 0 Å². The molecule has 1 aromatic rings. The fourth-order valence-corrected chi connectivity index (χ4v) is 0.728. The van der Waals surface area contributed by atoms with Gasteiger partial charge in [-0.2, -0.15) is 10.5 Å².